The molecule has 0 aromatic rings. The van der Waals surface area contributed by atoms with Gasteiger partial charge in [0.25, 0.3) is 0 Å². The van der Waals surface area contributed by atoms with Crippen LogP contribution >= 0.6 is 0 Å². The Balaban J connectivity index is 3.55. The van der Waals surface area contributed by atoms with Gasteiger partial charge in [0, 0.05) is 20.3 Å². The molecule has 2 unspecified atom stereocenters. The third kappa shape index (κ3) is 7.90. The molecule has 0 aliphatic rings. The number of rotatable bonds is 8. The Kier molecular flexibility index (Phi) is 7.70. The van der Waals surface area contributed by atoms with Gasteiger partial charge in [0.05, 0.1) is 6.10 Å². The highest BCUT2D eigenvalue weighted by Gasteiger charge is 2.37. The second kappa shape index (κ2) is 7.86. The summed E-state index contributed by atoms with van der Waals surface area (Å²) in [5.41, 5.74) is 0. The Morgan fingerprint density at radius 1 is 1.25 bits per heavy atom. The van der Waals surface area contributed by atoms with Crippen LogP contribution in [0.3, 0.4) is 0 Å². The van der Waals surface area contributed by atoms with Crippen molar-refractivity contribution in [1.82, 2.24) is 5.32 Å². The lowest BCUT2D eigenvalue weighted by Gasteiger charge is -2.21. The average molecular weight is 243 g/mol. The zero-order valence-corrected chi connectivity index (χ0v) is 9.93. The lowest BCUT2D eigenvalue weighted by atomic mass is 10.3. The Morgan fingerprint density at radius 2 is 1.88 bits per heavy atom. The van der Waals surface area contributed by atoms with Crippen LogP contribution in [0.15, 0.2) is 0 Å². The minimum Gasteiger partial charge on any atom is -0.385 e. The van der Waals surface area contributed by atoms with Crippen molar-refractivity contribution in [2.45, 2.75) is 38.7 Å². The summed E-state index contributed by atoms with van der Waals surface area (Å²) < 4.78 is 46.0. The Hall–Kier alpha value is -0.330. The van der Waals surface area contributed by atoms with Gasteiger partial charge in [-0.2, -0.15) is 13.2 Å². The number of hydrogen-bond donors (Lipinski definition) is 1. The molecule has 0 fully saturated rings. The van der Waals surface area contributed by atoms with E-state index in [0.717, 1.165) is 13.3 Å². The first kappa shape index (κ1) is 15.7. The van der Waals surface area contributed by atoms with E-state index >= 15 is 0 Å². The van der Waals surface area contributed by atoms with Gasteiger partial charge in [-0.1, -0.05) is 0 Å². The zero-order chi connectivity index (χ0) is 12.6. The number of alkyl halides is 3. The van der Waals surface area contributed by atoms with Crippen molar-refractivity contribution in [2.75, 3.05) is 26.8 Å². The maximum Gasteiger partial charge on any atom is 0.414 e. The second-order valence-electron chi connectivity index (χ2n) is 3.68. The molecule has 0 spiro atoms. The lowest BCUT2D eigenvalue weighted by molar-refractivity contribution is -0.224. The molecule has 0 saturated heterocycles. The van der Waals surface area contributed by atoms with E-state index < -0.39 is 18.4 Å². The van der Waals surface area contributed by atoms with Crippen molar-refractivity contribution in [3.63, 3.8) is 0 Å². The number of nitrogens with one attached hydrogen (secondary N) is 1. The predicted octanol–water partition coefficient (Wildman–Crippen LogP) is 1.97. The van der Waals surface area contributed by atoms with E-state index in [1.54, 1.807) is 14.0 Å². The van der Waals surface area contributed by atoms with Crippen LogP contribution in [0.5, 0.6) is 0 Å². The van der Waals surface area contributed by atoms with Crippen molar-refractivity contribution >= 4 is 0 Å². The molecule has 0 heterocycles. The summed E-state index contributed by atoms with van der Waals surface area (Å²) in [5.74, 6) is 0. The van der Waals surface area contributed by atoms with Crippen molar-refractivity contribution in [3.8, 4) is 0 Å². The molecule has 0 aliphatic carbocycles. The van der Waals surface area contributed by atoms with Gasteiger partial charge in [-0.05, 0) is 26.8 Å². The maximum atomic E-state index is 12.1. The van der Waals surface area contributed by atoms with E-state index in [9.17, 15) is 13.2 Å². The van der Waals surface area contributed by atoms with Crippen LogP contribution in [-0.2, 0) is 9.47 Å². The van der Waals surface area contributed by atoms with Gasteiger partial charge in [0.2, 0.25) is 0 Å². The smallest absolute Gasteiger partial charge is 0.385 e. The molecular weight excluding hydrogens is 223 g/mol. The van der Waals surface area contributed by atoms with Crippen LogP contribution < -0.4 is 5.32 Å². The van der Waals surface area contributed by atoms with Crippen LogP contribution in [0.1, 0.15) is 20.3 Å². The molecule has 2 atom stereocenters. The van der Waals surface area contributed by atoms with Gasteiger partial charge in [0.15, 0.2) is 6.10 Å². The summed E-state index contributed by atoms with van der Waals surface area (Å²) >= 11 is 0. The first-order chi connectivity index (χ1) is 7.38. The topological polar surface area (TPSA) is 30.5 Å². The highest BCUT2D eigenvalue weighted by atomic mass is 19.4. The Morgan fingerprint density at radius 3 is 2.38 bits per heavy atom. The fourth-order valence-electron chi connectivity index (χ4n) is 1.12. The third-order valence-corrected chi connectivity index (χ3v) is 2.03. The molecule has 3 nitrogen and oxygen atoms in total. The monoisotopic (exact) mass is 243 g/mol. The second-order valence-corrected chi connectivity index (χ2v) is 3.68. The van der Waals surface area contributed by atoms with E-state index in [4.69, 9.17) is 9.47 Å². The molecular formula is C10H20F3NO2. The molecule has 1 N–H and O–H groups in total. The van der Waals surface area contributed by atoms with Crippen molar-refractivity contribution in [1.29, 1.82) is 0 Å². The van der Waals surface area contributed by atoms with E-state index in [-0.39, 0.29) is 0 Å². The SMILES string of the molecule is COCCCNCC(C)OC(C)C(F)(F)F. The predicted molar refractivity (Wildman–Crippen MR) is 55.4 cm³/mol. The Labute approximate surface area is 94.3 Å². The van der Waals surface area contributed by atoms with Crippen LogP contribution in [0, 0.1) is 0 Å². The van der Waals surface area contributed by atoms with E-state index in [1.807, 2.05) is 0 Å². The summed E-state index contributed by atoms with van der Waals surface area (Å²) in [6.07, 6.45) is -5.63. The average Bonchev–Trinajstić information content (AvgIpc) is 2.16. The van der Waals surface area contributed by atoms with Crippen molar-refractivity contribution in [2.24, 2.45) is 0 Å². The molecule has 0 radical (unpaired) electrons. The number of hydrogen-bond acceptors (Lipinski definition) is 3. The molecule has 0 saturated carbocycles. The first-order valence-corrected chi connectivity index (χ1v) is 5.29. The molecule has 0 aromatic heterocycles. The van der Waals surface area contributed by atoms with Crippen LogP contribution in [0.2, 0.25) is 0 Å². The van der Waals surface area contributed by atoms with Crippen LogP contribution in [-0.4, -0.2) is 45.2 Å². The summed E-state index contributed by atoms with van der Waals surface area (Å²) in [7, 11) is 1.61. The minimum absolute atomic E-state index is 0.407. The largest absolute Gasteiger partial charge is 0.414 e. The molecule has 0 rings (SSSR count). The van der Waals surface area contributed by atoms with Gasteiger partial charge in [0.1, 0.15) is 0 Å². The quantitative estimate of drug-likeness (QED) is 0.661. The van der Waals surface area contributed by atoms with Gasteiger partial charge in [-0.3, -0.25) is 0 Å². The van der Waals surface area contributed by atoms with E-state index in [0.29, 0.717) is 19.7 Å². The van der Waals surface area contributed by atoms with Crippen molar-refractivity contribution in [3.05, 3.63) is 0 Å². The highest BCUT2D eigenvalue weighted by molar-refractivity contribution is 4.65. The zero-order valence-electron chi connectivity index (χ0n) is 9.93. The summed E-state index contributed by atoms with van der Waals surface area (Å²) in [4.78, 5) is 0. The number of halogens is 3. The normalized spacial score (nSPS) is 16.1. The fraction of sp³-hybridized carbons (Fsp3) is 1.00. The molecule has 0 aliphatic heterocycles. The van der Waals surface area contributed by atoms with Gasteiger partial charge >= 0.3 is 6.18 Å². The molecule has 6 heteroatoms. The van der Waals surface area contributed by atoms with Gasteiger partial charge in [-0.25, -0.2) is 0 Å². The first-order valence-electron chi connectivity index (χ1n) is 5.29. The maximum absolute atomic E-state index is 12.1. The third-order valence-electron chi connectivity index (χ3n) is 2.03. The lowest BCUT2D eigenvalue weighted by Crippen LogP contribution is -2.36. The van der Waals surface area contributed by atoms with E-state index in [1.165, 1.54) is 0 Å². The summed E-state index contributed by atoms with van der Waals surface area (Å²) in [6, 6.07) is 0. The van der Waals surface area contributed by atoms with Crippen LogP contribution in [0.25, 0.3) is 0 Å². The molecule has 98 valence electrons. The standard InChI is InChI=1S/C10H20F3NO2/c1-8(7-14-5-4-6-15-3)16-9(2)10(11,12)13/h8-9,14H,4-7H2,1-3H3. The molecule has 0 amide bonds. The van der Waals surface area contributed by atoms with Crippen LogP contribution in [0.4, 0.5) is 13.2 Å². The summed E-state index contributed by atoms with van der Waals surface area (Å²) in [5, 5.41) is 3.00. The number of methoxy groups -OCH3 is 1. The minimum atomic E-state index is -4.29. The molecule has 16 heavy (non-hydrogen) atoms. The van der Waals surface area contributed by atoms with E-state index in [2.05, 4.69) is 5.32 Å². The molecule has 0 bridgehead atoms. The highest BCUT2D eigenvalue weighted by Crippen LogP contribution is 2.23. The fourth-order valence-corrected chi connectivity index (χ4v) is 1.12. The van der Waals surface area contributed by atoms with Crippen molar-refractivity contribution < 1.29 is 22.6 Å². The molecule has 0 aromatic carbocycles. The van der Waals surface area contributed by atoms with Gasteiger partial charge in [-0.15, -0.1) is 0 Å². The van der Waals surface area contributed by atoms with Gasteiger partial charge < -0.3 is 14.8 Å². The number of ether oxygens (including phenoxy) is 2. The Bertz CT molecular complexity index is 176. The summed E-state index contributed by atoms with van der Waals surface area (Å²) in [6.45, 7) is 4.39.